The second-order valence-electron chi connectivity index (χ2n) is 4.03. The number of benzene rings is 1. The number of hydrogen-bond acceptors (Lipinski definition) is 3. The molecule has 1 aromatic carbocycles. The summed E-state index contributed by atoms with van der Waals surface area (Å²) in [5, 5.41) is 17.0. The summed E-state index contributed by atoms with van der Waals surface area (Å²) in [4.78, 5) is 0. The largest absolute Gasteiger partial charge is 0.380 e. The molecule has 0 fully saturated rings. The molecule has 0 saturated heterocycles. The summed E-state index contributed by atoms with van der Waals surface area (Å²) >= 11 is 5.85. The van der Waals surface area contributed by atoms with E-state index in [4.69, 9.17) is 16.9 Å². The highest BCUT2D eigenvalue weighted by Gasteiger charge is 2.06. The Morgan fingerprint density at radius 1 is 1.50 bits per heavy atom. The van der Waals surface area contributed by atoms with Crippen molar-refractivity contribution in [3.63, 3.8) is 0 Å². The Kier molecular flexibility index (Phi) is 3.54. The van der Waals surface area contributed by atoms with Gasteiger partial charge in [-0.15, -0.1) is 0 Å². The zero-order chi connectivity index (χ0) is 13.1. The zero-order valence-electron chi connectivity index (χ0n) is 10.2. The van der Waals surface area contributed by atoms with Crippen LogP contribution >= 0.6 is 11.6 Å². The van der Waals surface area contributed by atoms with Crippen LogP contribution in [0.3, 0.4) is 0 Å². The van der Waals surface area contributed by atoms with E-state index in [1.165, 1.54) is 0 Å². The molecule has 0 aliphatic carbocycles. The third-order valence-corrected chi connectivity index (χ3v) is 3.14. The van der Waals surface area contributed by atoms with Crippen LogP contribution in [0.15, 0.2) is 24.4 Å². The van der Waals surface area contributed by atoms with Crippen molar-refractivity contribution in [1.82, 2.24) is 9.78 Å². The predicted molar refractivity (Wildman–Crippen MR) is 71.4 cm³/mol. The van der Waals surface area contributed by atoms with Crippen LogP contribution in [0.25, 0.3) is 0 Å². The number of aryl methyl sites for hydroxylation is 1. The molecule has 0 unspecified atom stereocenters. The second-order valence-corrected chi connectivity index (χ2v) is 4.47. The Morgan fingerprint density at radius 2 is 2.28 bits per heavy atom. The molecule has 1 N–H and O–H groups in total. The molecule has 0 saturated carbocycles. The minimum Gasteiger partial charge on any atom is -0.380 e. The minimum atomic E-state index is 0.545. The monoisotopic (exact) mass is 260 g/mol. The van der Waals surface area contributed by atoms with Crippen molar-refractivity contribution in [2.45, 2.75) is 13.5 Å². The Morgan fingerprint density at radius 3 is 2.89 bits per heavy atom. The Hall–Kier alpha value is -1.99. The van der Waals surface area contributed by atoms with Crippen LogP contribution in [-0.2, 0) is 13.6 Å². The lowest BCUT2D eigenvalue weighted by molar-refractivity contribution is 0.738. The van der Waals surface area contributed by atoms with Crippen LogP contribution in [0.1, 0.15) is 16.8 Å². The number of nitriles is 1. The molecule has 4 nitrogen and oxygen atoms in total. The second kappa shape index (κ2) is 5.11. The lowest BCUT2D eigenvalue weighted by Crippen LogP contribution is -2.02. The third kappa shape index (κ3) is 2.47. The van der Waals surface area contributed by atoms with Crippen LogP contribution in [0.5, 0.6) is 0 Å². The van der Waals surface area contributed by atoms with E-state index < -0.39 is 0 Å². The van der Waals surface area contributed by atoms with E-state index in [-0.39, 0.29) is 0 Å². The lowest BCUT2D eigenvalue weighted by Gasteiger charge is -2.08. The maximum absolute atomic E-state index is 9.03. The molecule has 0 aliphatic rings. The molecule has 18 heavy (non-hydrogen) atoms. The number of nitrogens with zero attached hydrogens (tertiary/aromatic N) is 3. The highest BCUT2D eigenvalue weighted by molar-refractivity contribution is 6.30. The lowest BCUT2D eigenvalue weighted by atomic mass is 10.2. The number of rotatable bonds is 3. The van der Waals surface area contributed by atoms with E-state index in [0.29, 0.717) is 17.1 Å². The summed E-state index contributed by atoms with van der Waals surface area (Å²) < 4.78 is 1.82. The first-order valence-corrected chi connectivity index (χ1v) is 5.90. The standard InChI is InChI=1S/C13H13ClN4/c1-9-11(8-17-18(9)2)7-16-13-4-3-12(14)5-10(13)6-15/h3-5,8,16H,7H2,1-2H3. The summed E-state index contributed by atoms with van der Waals surface area (Å²) in [6.07, 6.45) is 1.82. The molecule has 92 valence electrons. The number of nitrogens with one attached hydrogen (secondary N) is 1. The Labute approximate surface area is 111 Å². The molecule has 5 heteroatoms. The van der Waals surface area contributed by atoms with Gasteiger partial charge in [0.25, 0.3) is 0 Å². The van der Waals surface area contributed by atoms with Gasteiger partial charge in [0, 0.05) is 29.9 Å². The normalized spacial score (nSPS) is 10.1. The van der Waals surface area contributed by atoms with Gasteiger partial charge in [-0.3, -0.25) is 4.68 Å². The third-order valence-electron chi connectivity index (χ3n) is 2.91. The highest BCUT2D eigenvalue weighted by atomic mass is 35.5. The minimum absolute atomic E-state index is 0.545. The van der Waals surface area contributed by atoms with Crippen molar-refractivity contribution < 1.29 is 0 Å². The quantitative estimate of drug-likeness (QED) is 0.923. The van der Waals surface area contributed by atoms with Crippen LogP contribution in [0.2, 0.25) is 5.02 Å². The summed E-state index contributed by atoms with van der Waals surface area (Å²) in [6, 6.07) is 7.35. The van der Waals surface area contributed by atoms with E-state index in [0.717, 1.165) is 16.9 Å². The number of anilines is 1. The molecular weight excluding hydrogens is 248 g/mol. The summed E-state index contributed by atoms with van der Waals surface area (Å²) in [5.74, 6) is 0. The fraction of sp³-hybridized carbons (Fsp3) is 0.231. The fourth-order valence-corrected chi connectivity index (χ4v) is 1.84. The van der Waals surface area contributed by atoms with Crippen molar-refractivity contribution in [1.29, 1.82) is 5.26 Å². The SMILES string of the molecule is Cc1c(CNc2ccc(Cl)cc2C#N)cnn1C. The average Bonchev–Trinajstić information content (AvgIpc) is 2.68. The molecule has 0 atom stereocenters. The molecule has 2 aromatic rings. The summed E-state index contributed by atoms with van der Waals surface area (Å²) in [5.41, 5.74) is 3.54. The molecule has 1 aromatic heterocycles. The topological polar surface area (TPSA) is 53.6 Å². The van der Waals surface area contributed by atoms with Crippen molar-refractivity contribution in [2.75, 3.05) is 5.32 Å². The van der Waals surface area contributed by atoms with E-state index in [9.17, 15) is 0 Å². The van der Waals surface area contributed by atoms with Crippen LogP contribution < -0.4 is 5.32 Å². The van der Waals surface area contributed by atoms with Gasteiger partial charge in [0.1, 0.15) is 6.07 Å². The van der Waals surface area contributed by atoms with E-state index >= 15 is 0 Å². The zero-order valence-corrected chi connectivity index (χ0v) is 11.0. The molecule has 0 radical (unpaired) electrons. The first kappa shape index (κ1) is 12.5. The Bertz CT molecular complexity index is 610. The van der Waals surface area contributed by atoms with E-state index in [2.05, 4.69) is 16.5 Å². The van der Waals surface area contributed by atoms with Crippen molar-refractivity contribution >= 4 is 17.3 Å². The molecule has 1 heterocycles. The fourth-order valence-electron chi connectivity index (χ4n) is 1.67. The van der Waals surface area contributed by atoms with Crippen molar-refractivity contribution in [3.8, 4) is 6.07 Å². The number of hydrogen-bond donors (Lipinski definition) is 1. The molecular formula is C13H13ClN4. The van der Waals surface area contributed by atoms with Gasteiger partial charge in [-0.25, -0.2) is 0 Å². The predicted octanol–water partition coefficient (Wildman–Crippen LogP) is 2.87. The summed E-state index contributed by atoms with van der Waals surface area (Å²) in [7, 11) is 1.90. The van der Waals surface area contributed by atoms with Gasteiger partial charge in [0.2, 0.25) is 0 Å². The van der Waals surface area contributed by atoms with Crippen LogP contribution in [-0.4, -0.2) is 9.78 Å². The number of aromatic nitrogens is 2. The van der Waals surface area contributed by atoms with Gasteiger partial charge in [-0.05, 0) is 25.1 Å². The molecule has 0 bridgehead atoms. The summed E-state index contributed by atoms with van der Waals surface area (Å²) in [6.45, 7) is 2.65. The van der Waals surface area contributed by atoms with Gasteiger partial charge < -0.3 is 5.32 Å². The maximum atomic E-state index is 9.03. The van der Waals surface area contributed by atoms with Crippen molar-refractivity contribution in [3.05, 3.63) is 46.2 Å². The van der Waals surface area contributed by atoms with Gasteiger partial charge in [0.15, 0.2) is 0 Å². The van der Waals surface area contributed by atoms with E-state index in [1.54, 1.807) is 12.1 Å². The van der Waals surface area contributed by atoms with Gasteiger partial charge in [0.05, 0.1) is 17.4 Å². The molecule has 0 spiro atoms. The maximum Gasteiger partial charge on any atom is 0.101 e. The first-order valence-electron chi connectivity index (χ1n) is 5.53. The van der Waals surface area contributed by atoms with Crippen molar-refractivity contribution in [2.24, 2.45) is 7.05 Å². The smallest absolute Gasteiger partial charge is 0.101 e. The van der Waals surface area contributed by atoms with E-state index in [1.807, 2.05) is 30.9 Å². The van der Waals surface area contributed by atoms with Crippen LogP contribution in [0.4, 0.5) is 5.69 Å². The molecule has 0 amide bonds. The number of halogens is 1. The first-order chi connectivity index (χ1) is 8.61. The molecule has 2 rings (SSSR count). The van der Waals surface area contributed by atoms with Gasteiger partial charge in [-0.1, -0.05) is 11.6 Å². The average molecular weight is 261 g/mol. The molecule has 0 aliphatic heterocycles. The van der Waals surface area contributed by atoms with Crippen LogP contribution in [0, 0.1) is 18.3 Å². The Balaban J connectivity index is 2.16. The van der Waals surface area contributed by atoms with Gasteiger partial charge >= 0.3 is 0 Å². The van der Waals surface area contributed by atoms with Gasteiger partial charge in [-0.2, -0.15) is 10.4 Å². The highest BCUT2D eigenvalue weighted by Crippen LogP contribution is 2.20.